The Kier molecular flexibility index (Phi) is 4.60. The van der Waals surface area contributed by atoms with Crippen LogP contribution in [0, 0.1) is 0 Å². The normalized spacial score (nSPS) is 10.3. The molecule has 0 aliphatic rings. The minimum atomic E-state index is -0.240. The number of amides is 1. The average Bonchev–Trinajstić information content (AvgIpc) is 2.44. The van der Waals surface area contributed by atoms with E-state index in [0.29, 0.717) is 27.0 Å². The maximum Gasteiger partial charge on any atom is 0.255 e. The molecule has 0 saturated carbocycles. The summed E-state index contributed by atoms with van der Waals surface area (Å²) >= 11 is 11.9. The fourth-order valence-electron chi connectivity index (χ4n) is 1.79. The molecule has 0 unspecified atom stereocenters. The summed E-state index contributed by atoms with van der Waals surface area (Å²) in [6.45, 7) is 0. The molecule has 1 amide bonds. The molecule has 2 rings (SSSR count). The fraction of sp³-hybridized carbons (Fsp3) is 0.133. The first kappa shape index (κ1) is 15.5. The molecule has 0 aliphatic heterocycles. The lowest BCUT2D eigenvalue weighted by atomic mass is 10.1. The van der Waals surface area contributed by atoms with Crippen molar-refractivity contribution < 1.29 is 4.79 Å². The number of nitrogens with two attached hydrogens (primary N) is 1. The highest BCUT2D eigenvalue weighted by Gasteiger charge is 2.10. The molecular weight excluding hydrogens is 309 g/mol. The van der Waals surface area contributed by atoms with E-state index < -0.39 is 0 Å². The van der Waals surface area contributed by atoms with E-state index >= 15 is 0 Å². The van der Waals surface area contributed by atoms with Gasteiger partial charge in [0.05, 0.1) is 15.7 Å². The lowest BCUT2D eigenvalue weighted by Crippen LogP contribution is -2.14. The van der Waals surface area contributed by atoms with Crippen molar-refractivity contribution in [2.45, 2.75) is 0 Å². The second kappa shape index (κ2) is 6.24. The van der Waals surface area contributed by atoms with Gasteiger partial charge in [0.15, 0.2) is 0 Å². The third-order valence-electron chi connectivity index (χ3n) is 2.96. The van der Waals surface area contributed by atoms with Gasteiger partial charge >= 0.3 is 0 Å². The van der Waals surface area contributed by atoms with Crippen LogP contribution in [0.5, 0.6) is 0 Å². The Balaban J connectivity index is 2.24. The highest BCUT2D eigenvalue weighted by atomic mass is 35.5. The molecule has 0 radical (unpaired) electrons. The van der Waals surface area contributed by atoms with Crippen LogP contribution in [0.4, 0.5) is 17.1 Å². The molecule has 0 aliphatic carbocycles. The molecule has 0 fully saturated rings. The van der Waals surface area contributed by atoms with Crippen molar-refractivity contribution >= 4 is 46.2 Å². The maximum atomic E-state index is 12.2. The lowest BCUT2D eigenvalue weighted by molar-refractivity contribution is 0.102. The smallest absolute Gasteiger partial charge is 0.255 e. The van der Waals surface area contributed by atoms with Gasteiger partial charge in [-0.3, -0.25) is 4.79 Å². The van der Waals surface area contributed by atoms with Gasteiger partial charge in [-0.1, -0.05) is 29.3 Å². The Labute approximate surface area is 133 Å². The Bertz CT molecular complexity index is 663. The second-order valence-electron chi connectivity index (χ2n) is 4.75. The summed E-state index contributed by atoms with van der Waals surface area (Å²) in [6.07, 6.45) is 0. The summed E-state index contributed by atoms with van der Waals surface area (Å²) in [5.74, 6) is -0.240. The van der Waals surface area contributed by atoms with Crippen molar-refractivity contribution in [3.63, 3.8) is 0 Å². The molecule has 110 valence electrons. The van der Waals surface area contributed by atoms with Crippen LogP contribution in [0.1, 0.15) is 10.4 Å². The van der Waals surface area contributed by atoms with E-state index in [9.17, 15) is 4.79 Å². The predicted molar refractivity (Wildman–Crippen MR) is 89.6 cm³/mol. The number of hydrogen-bond donors (Lipinski definition) is 2. The highest BCUT2D eigenvalue weighted by Crippen LogP contribution is 2.31. The maximum absolute atomic E-state index is 12.2. The van der Waals surface area contributed by atoms with E-state index in [1.54, 1.807) is 24.3 Å². The van der Waals surface area contributed by atoms with Gasteiger partial charge in [0.1, 0.15) is 0 Å². The number of carbonyl (C=O) groups is 1. The lowest BCUT2D eigenvalue weighted by Gasteiger charge is -2.14. The van der Waals surface area contributed by atoms with E-state index in [1.807, 2.05) is 31.1 Å². The van der Waals surface area contributed by atoms with Crippen LogP contribution in [0.15, 0.2) is 36.4 Å². The van der Waals surface area contributed by atoms with Gasteiger partial charge in [-0.2, -0.15) is 0 Å². The predicted octanol–water partition coefficient (Wildman–Crippen LogP) is 3.89. The van der Waals surface area contributed by atoms with Crippen LogP contribution in [-0.4, -0.2) is 20.0 Å². The zero-order valence-corrected chi connectivity index (χ0v) is 13.2. The van der Waals surface area contributed by atoms with Crippen molar-refractivity contribution in [1.29, 1.82) is 0 Å². The summed E-state index contributed by atoms with van der Waals surface area (Å²) in [7, 11) is 3.83. The van der Waals surface area contributed by atoms with Gasteiger partial charge < -0.3 is 16.0 Å². The minimum Gasteiger partial charge on any atom is -0.396 e. The number of halogens is 2. The van der Waals surface area contributed by atoms with Crippen LogP contribution in [0.2, 0.25) is 10.0 Å². The van der Waals surface area contributed by atoms with E-state index in [4.69, 9.17) is 28.9 Å². The Morgan fingerprint density at radius 1 is 1.14 bits per heavy atom. The third kappa shape index (κ3) is 3.60. The van der Waals surface area contributed by atoms with E-state index in [-0.39, 0.29) is 5.91 Å². The van der Waals surface area contributed by atoms with Crippen molar-refractivity contribution in [1.82, 2.24) is 0 Å². The van der Waals surface area contributed by atoms with Gasteiger partial charge in [0.2, 0.25) is 0 Å². The molecule has 0 atom stereocenters. The fourth-order valence-corrected chi connectivity index (χ4v) is 2.27. The zero-order valence-electron chi connectivity index (χ0n) is 11.7. The van der Waals surface area contributed by atoms with Crippen LogP contribution >= 0.6 is 23.2 Å². The number of carbonyl (C=O) groups excluding carboxylic acids is 1. The third-order valence-corrected chi connectivity index (χ3v) is 3.59. The number of nitrogen functional groups attached to an aromatic ring is 1. The first-order chi connectivity index (χ1) is 9.88. The van der Waals surface area contributed by atoms with E-state index in [2.05, 4.69) is 5.32 Å². The Hall–Kier alpha value is -1.91. The Morgan fingerprint density at radius 2 is 1.76 bits per heavy atom. The highest BCUT2D eigenvalue weighted by molar-refractivity contribution is 6.39. The van der Waals surface area contributed by atoms with Gasteiger partial charge in [0, 0.05) is 31.0 Å². The summed E-state index contributed by atoms with van der Waals surface area (Å²) in [6, 6.07) is 10.4. The quantitative estimate of drug-likeness (QED) is 0.842. The summed E-state index contributed by atoms with van der Waals surface area (Å²) in [5.41, 5.74) is 7.95. The number of nitrogens with zero attached hydrogens (tertiary/aromatic N) is 1. The van der Waals surface area contributed by atoms with Crippen molar-refractivity contribution in [2.75, 3.05) is 30.0 Å². The van der Waals surface area contributed by atoms with Crippen LogP contribution in [0.25, 0.3) is 0 Å². The monoisotopic (exact) mass is 323 g/mol. The van der Waals surface area contributed by atoms with Crippen LogP contribution < -0.4 is 16.0 Å². The van der Waals surface area contributed by atoms with Crippen molar-refractivity contribution in [3.05, 3.63) is 52.0 Å². The molecule has 0 saturated heterocycles. The molecule has 0 spiro atoms. The standard InChI is InChI=1S/C15H15Cl2N3O/c1-20(2)11-5-3-4-9(6-11)15(21)19-10-7-12(16)14(18)13(17)8-10/h3-8H,18H2,1-2H3,(H,19,21). The molecule has 4 nitrogen and oxygen atoms in total. The molecular formula is C15H15Cl2N3O. The van der Waals surface area contributed by atoms with Crippen molar-refractivity contribution in [3.8, 4) is 0 Å². The molecule has 0 aromatic heterocycles. The summed E-state index contributed by atoms with van der Waals surface area (Å²) in [5, 5.41) is 3.36. The van der Waals surface area contributed by atoms with Gasteiger partial charge in [-0.15, -0.1) is 0 Å². The molecule has 6 heteroatoms. The summed E-state index contributed by atoms with van der Waals surface area (Å²) in [4.78, 5) is 14.2. The van der Waals surface area contributed by atoms with Gasteiger partial charge in [-0.25, -0.2) is 0 Å². The van der Waals surface area contributed by atoms with E-state index in [0.717, 1.165) is 5.69 Å². The topological polar surface area (TPSA) is 58.4 Å². The van der Waals surface area contributed by atoms with E-state index in [1.165, 1.54) is 0 Å². The van der Waals surface area contributed by atoms with Gasteiger partial charge in [0.25, 0.3) is 5.91 Å². The molecule has 0 bridgehead atoms. The second-order valence-corrected chi connectivity index (χ2v) is 5.57. The molecule has 21 heavy (non-hydrogen) atoms. The first-order valence-corrected chi connectivity index (χ1v) is 6.97. The minimum absolute atomic E-state index is 0.240. The number of anilines is 3. The number of nitrogens with one attached hydrogen (secondary N) is 1. The van der Waals surface area contributed by atoms with Crippen LogP contribution in [0.3, 0.4) is 0 Å². The molecule has 0 heterocycles. The number of hydrogen-bond acceptors (Lipinski definition) is 3. The Morgan fingerprint density at radius 3 is 2.33 bits per heavy atom. The summed E-state index contributed by atoms with van der Waals surface area (Å²) < 4.78 is 0. The van der Waals surface area contributed by atoms with Crippen molar-refractivity contribution in [2.24, 2.45) is 0 Å². The van der Waals surface area contributed by atoms with Gasteiger partial charge in [-0.05, 0) is 30.3 Å². The molecule has 2 aromatic rings. The first-order valence-electron chi connectivity index (χ1n) is 6.21. The zero-order chi connectivity index (χ0) is 15.6. The number of benzene rings is 2. The molecule has 2 aromatic carbocycles. The average molecular weight is 324 g/mol. The molecule has 3 N–H and O–H groups in total. The van der Waals surface area contributed by atoms with Crippen LogP contribution in [-0.2, 0) is 0 Å². The largest absolute Gasteiger partial charge is 0.396 e. The SMILES string of the molecule is CN(C)c1cccc(C(=O)Nc2cc(Cl)c(N)c(Cl)c2)c1. The number of rotatable bonds is 3.